The Kier molecular flexibility index (Phi) is 8.61. The zero-order valence-electron chi connectivity index (χ0n) is 15.9. The van der Waals surface area contributed by atoms with Crippen LogP contribution < -0.4 is 10.6 Å². The quantitative estimate of drug-likeness (QED) is 0.453. The molecule has 6 nitrogen and oxygen atoms in total. The third kappa shape index (κ3) is 6.78. The number of carbonyl (C=O) groups excluding carboxylic acids is 1. The van der Waals surface area contributed by atoms with Gasteiger partial charge in [0, 0.05) is 35.8 Å². The van der Waals surface area contributed by atoms with E-state index in [9.17, 15) is 4.79 Å². The Balaban J connectivity index is 1.82. The molecule has 1 saturated heterocycles. The highest BCUT2D eigenvalue weighted by atomic mass is 32.2. The molecule has 1 amide bonds. The van der Waals surface area contributed by atoms with Crippen LogP contribution in [0.2, 0.25) is 0 Å². The first-order valence-electron chi connectivity index (χ1n) is 9.21. The summed E-state index contributed by atoms with van der Waals surface area (Å²) in [6.07, 6.45) is 1.55. The highest BCUT2D eigenvalue weighted by Crippen LogP contribution is 2.22. The van der Waals surface area contributed by atoms with Crippen molar-refractivity contribution in [2.75, 3.05) is 33.3 Å². The van der Waals surface area contributed by atoms with E-state index < -0.39 is 0 Å². The summed E-state index contributed by atoms with van der Waals surface area (Å²) in [6.45, 7) is 7.26. The number of hydrogen-bond acceptors (Lipinski definition) is 4. The molecule has 1 fully saturated rings. The minimum Gasteiger partial charge on any atom is -0.453 e. The molecule has 1 heterocycles. The lowest BCUT2D eigenvalue weighted by molar-refractivity contribution is 0.111. The standard InChI is InChI=1S/C19H30N4O2S/c1-4-20-18(21-14-15(2)26-17-8-6-5-7-9-17)22-16-10-12-23(13-11-16)19(24)25-3/h5-9,15-16H,4,10-14H2,1-3H3,(H2,20,21,22). The lowest BCUT2D eigenvalue weighted by Gasteiger charge is -2.32. The maximum absolute atomic E-state index is 11.6. The van der Waals surface area contributed by atoms with Crippen molar-refractivity contribution < 1.29 is 9.53 Å². The smallest absolute Gasteiger partial charge is 0.409 e. The van der Waals surface area contributed by atoms with Gasteiger partial charge in [-0.2, -0.15) is 0 Å². The molecule has 1 unspecified atom stereocenters. The van der Waals surface area contributed by atoms with Crippen molar-refractivity contribution >= 4 is 23.8 Å². The van der Waals surface area contributed by atoms with Crippen LogP contribution in [0.3, 0.4) is 0 Å². The first kappa shape index (κ1) is 20.4. The van der Waals surface area contributed by atoms with Gasteiger partial charge in [0.15, 0.2) is 5.96 Å². The molecular weight excluding hydrogens is 348 g/mol. The molecule has 26 heavy (non-hydrogen) atoms. The van der Waals surface area contributed by atoms with E-state index in [-0.39, 0.29) is 6.09 Å². The molecule has 144 valence electrons. The molecule has 2 rings (SSSR count). The van der Waals surface area contributed by atoms with Crippen molar-refractivity contribution in [1.82, 2.24) is 15.5 Å². The van der Waals surface area contributed by atoms with Crippen LogP contribution in [-0.4, -0.2) is 61.5 Å². The molecule has 0 aliphatic carbocycles. The van der Waals surface area contributed by atoms with E-state index in [1.165, 1.54) is 12.0 Å². The van der Waals surface area contributed by atoms with Gasteiger partial charge in [-0.25, -0.2) is 4.79 Å². The van der Waals surface area contributed by atoms with Crippen LogP contribution in [0.25, 0.3) is 0 Å². The average molecular weight is 379 g/mol. The summed E-state index contributed by atoms with van der Waals surface area (Å²) in [7, 11) is 1.43. The number of ether oxygens (including phenoxy) is 1. The number of nitrogens with one attached hydrogen (secondary N) is 2. The number of amides is 1. The van der Waals surface area contributed by atoms with Gasteiger partial charge in [0.05, 0.1) is 13.7 Å². The SMILES string of the molecule is CCNC(=NCC(C)Sc1ccccc1)NC1CCN(C(=O)OC)CC1. The van der Waals surface area contributed by atoms with Crippen molar-refractivity contribution in [3.8, 4) is 0 Å². The first-order chi connectivity index (χ1) is 12.6. The van der Waals surface area contributed by atoms with Gasteiger partial charge in [-0.3, -0.25) is 4.99 Å². The second kappa shape index (κ2) is 11.0. The van der Waals surface area contributed by atoms with Crippen LogP contribution in [-0.2, 0) is 4.74 Å². The van der Waals surface area contributed by atoms with Gasteiger partial charge < -0.3 is 20.3 Å². The zero-order valence-corrected chi connectivity index (χ0v) is 16.7. The van der Waals surface area contributed by atoms with Gasteiger partial charge in [-0.15, -0.1) is 11.8 Å². The Bertz CT molecular complexity index is 574. The molecule has 0 aromatic heterocycles. The molecule has 2 N–H and O–H groups in total. The predicted molar refractivity (Wildman–Crippen MR) is 108 cm³/mol. The van der Waals surface area contributed by atoms with Crippen LogP contribution >= 0.6 is 11.8 Å². The topological polar surface area (TPSA) is 66.0 Å². The molecule has 0 radical (unpaired) electrons. The molecule has 1 aromatic carbocycles. The Morgan fingerprint density at radius 1 is 1.35 bits per heavy atom. The van der Waals surface area contributed by atoms with E-state index >= 15 is 0 Å². The molecule has 1 aliphatic rings. The van der Waals surface area contributed by atoms with Crippen molar-refractivity contribution in [2.45, 2.75) is 42.9 Å². The van der Waals surface area contributed by atoms with Gasteiger partial charge in [0.2, 0.25) is 0 Å². The first-order valence-corrected chi connectivity index (χ1v) is 10.1. The molecule has 0 spiro atoms. The summed E-state index contributed by atoms with van der Waals surface area (Å²) in [5.41, 5.74) is 0. The van der Waals surface area contributed by atoms with Crippen molar-refractivity contribution in [3.63, 3.8) is 0 Å². The van der Waals surface area contributed by atoms with E-state index in [1.807, 2.05) is 17.8 Å². The summed E-state index contributed by atoms with van der Waals surface area (Å²) in [4.78, 5) is 19.3. The number of guanidine groups is 1. The highest BCUT2D eigenvalue weighted by Gasteiger charge is 2.23. The lowest BCUT2D eigenvalue weighted by atomic mass is 10.1. The number of benzene rings is 1. The normalized spacial score (nSPS) is 16.9. The third-order valence-corrected chi connectivity index (χ3v) is 5.30. The van der Waals surface area contributed by atoms with Gasteiger partial charge in [-0.05, 0) is 31.9 Å². The minimum absolute atomic E-state index is 0.240. The van der Waals surface area contributed by atoms with Crippen LogP contribution in [0, 0.1) is 0 Å². The maximum Gasteiger partial charge on any atom is 0.409 e. The van der Waals surface area contributed by atoms with Crippen molar-refractivity contribution in [3.05, 3.63) is 30.3 Å². The Labute approximate surface area is 160 Å². The number of hydrogen-bond donors (Lipinski definition) is 2. The molecule has 0 saturated carbocycles. The minimum atomic E-state index is -0.240. The molecule has 1 atom stereocenters. The summed E-state index contributed by atoms with van der Waals surface area (Å²) in [6, 6.07) is 10.7. The molecule has 1 aromatic rings. The molecule has 0 bridgehead atoms. The van der Waals surface area contributed by atoms with E-state index in [0.717, 1.165) is 31.9 Å². The molecular formula is C19H30N4O2S. The summed E-state index contributed by atoms with van der Waals surface area (Å²) < 4.78 is 4.79. The predicted octanol–water partition coefficient (Wildman–Crippen LogP) is 2.95. The fourth-order valence-corrected chi connectivity index (χ4v) is 3.77. The fourth-order valence-electron chi connectivity index (χ4n) is 2.84. The monoisotopic (exact) mass is 378 g/mol. The van der Waals surface area contributed by atoms with Crippen molar-refractivity contribution in [1.29, 1.82) is 0 Å². The van der Waals surface area contributed by atoms with E-state index in [1.54, 1.807) is 4.90 Å². The van der Waals surface area contributed by atoms with Crippen LogP contribution in [0.1, 0.15) is 26.7 Å². The maximum atomic E-state index is 11.6. The van der Waals surface area contributed by atoms with Crippen LogP contribution in [0.5, 0.6) is 0 Å². The number of rotatable bonds is 6. The van der Waals surface area contributed by atoms with Gasteiger partial charge in [0.25, 0.3) is 0 Å². The van der Waals surface area contributed by atoms with Gasteiger partial charge >= 0.3 is 6.09 Å². The van der Waals surface area contributed by atoms with Crippen molar-refractivity contribution in [2.24, 2.45) is 4.99 Å². The summed E-state index contributed by atoms with van der Waals surface area (Å²) in [5.74, 6) is 0.851. The highest BCUT2D eigenvalue weighted by molar-refractivity contribution is 8.00. The Morgan fingerprint density at radius 2 is 2.04 bits per heavy atom. The second-order valence-electron chi connectivity index (χ2n) is 6.34. The number of methoxy groups -OCH3 is 1. The number of nitrogens with zero attached hydrogens (tertiary/aromatic N) is 2. The van der Waals surface area contributed by atoms with E-state index in [2.05, 4.69) is 48.7 Å². The number of likely N-dealkylation sites (tertiary alicyclic amines) is 1. The van der Waals surface area contributed by atoms with Gasteiger partial charge in [-0.1, -0.05) is 25.1 Å². The number of thioether (sulfide) groups is 1. The van der Waals surface area contributed by atoms with Crippen LogP contribution in [0.4, 0.5) is 4.79 Å². The summed E-state index contributed by atoms with van der Waals surface area (Å²) in [5, 5.41) is 7.22. The number of aliphatic imine (C=N–C) groups is 1. The summed E-state index contributed by atoms with van der Waals surface area (Å²) >= 11 is 1.84. The van der Waals surface area contributed by atoms with Gasteiger partial charge in [0.1, 0.15) is 0 Å². The third-order valence-electron chi connectivity index (χ3n) is 4.20. The number of piperidine rings is 1. The lowest BCUT2D eigenvalue weighted by Crippen LogP contribution is -2.49. The largest absolute Gasteiger partial charge is 0.453 e. The fraction of sp³-hybridized carbons (Fsp3) is 0.579. The second-order valence-corrected chi connectivity index (χ2v) is 7.85. The molecule has 1 aliphatic heterocycles. The van der Waals surface area contributed by atoms with E-state index in [0.29, 0.717) is 24.4 Å². The Morgan fingerprint density at radius 3 is 2.65 bits per heavy atom. The van der Waals surface area contributed by atoms with E-state index in [4.69, 9.17) is 9.73 Å². The Hall–Kier alpha value is -1.89. The molecule has 7 heteroatoms. The average Bonchev–Trinajstić information content (AvgIpc) is 2.67. The zero-order chi connectivity index (χ0) is 18.8. The van der Waals surface area contributed by atoms with Crippen LogP contribution in [0.15, 0.2) is 40.2 Å². The number of carbonyl (C=O) groups is 1.